The summed E-state index contributed by atoms with van der Waals surface area (Å²) in [6, 6.07) is -0.0540. The van der Waals surface area contributed by atoms with Crippen molar-refractivity contribution in [2.24, 2.45) is 17.8 Å². The van der Waals surface area contributed by atoms with Gasteiger partial charge in [0, 0.05) is 18.4 Å². The first-order valence-electron chi connectivity index (χ1n) is 6.88. The number of rotatable bonds is 3. The van der Waals surface area contributed by atoms with Crippen LogP contribution in [0.5, 0.6) is 0 Å². The van der Waals surface area contributed by atoms with Crippen LogP contribution in [0.15, 0.2) is 18.7 Å². The van der Waals surface area contributed by atoms with E-state index in [1.165, 1.54) is 0 Å². The molecular weight excluding hydrogens is 258 g/mol. The molecule has 0 aliphatic heterocycles. The lowest BCUT2D eigenvalue weighted by atomic mass is 9.84. The van der Waals surface area contributed by atoms with Crippen LogP contribution in [-0.4, -0.2) is 36.7 Å². The Morgan fingerprint density at radius 1 is 1.40 bits per heavy atom. The summed E-state index contributed by atoms with van der Waals surface area (Å²) < 4.78 is 1.78. The van der Waals surface area contributed by atoms with Gasteiger partial charge in [0.2, 0.25) is 5.65 Å². The first-order valence-corrected chi connectivity index (χ1v) is 6.88. The van der Waals surface area contributed by atoms with Gasteiger partial charge in [0.15, 0.2) is 5.82 Å². The molecule has 2 fully saturated rings. The van der Waals surface area contributed by atoms with Crippen LogP contribution in [0.25, 0.3) is 5.65 Å². The number of nitrogens with one attached hydrogen (secondary N) is 1. The molecule has 2 aromatic heterocycles. The highest BCUT2D eigenvalue weighted by atomic mass is 16.4. The maximum atomic E-state index is 11.5. The minimum atomic E-state index is -0.705. The molecule has 4 unspecified atom stereocenters. The highest BCUT2D eigenvalue weighted by Gasteiger charge is 2.51. The monoisotopic (exact) mass is 273 g/mol. The van der Waals surface area contributed by atoms with Crippen molar-refractivity contribution in [2.45, 2.75) is 25.3 Å². The second-order valence-electron chi connectivity index (χ2n) is 5.71. The molecule has 2 heterocycles. The van der Waals surface area contributed by atoms with Crippen molar-refractivity contribution in [3.63, 3.8) is 0 Å². The first-order chi connectivity index (χ1) is 9.74. The number of carboxylic acids is 1. The molecule has 4 atom stereocenters. The van der Waals surface area contributed by atoms with E-state index in [0.29, 0.717) is 23.3 Å². The fourth-order valence-electron chi connectivity index (χ4n) is 3.87. The van der Waals surface area contributed by atoms with Gasteiger partial charge in [-0.05, 0) is 31.1 Å². The number of nitrogens with zero attached hydrogens (tertiary/aromatic N) is 4. The number of carbonyl (C=O) groups is 1. The standard InChI is InChI=1S/C13H15N5O2/c19-13(20)9-7-1-2-8(5-7)10(9)16-11-12-17-15-6-18(12)4-3-14-11/h3-4,6-10H,1-2,5H2,(H,14,16)(H,19,20). The third kappa shape index (κ3) is 1.59. The Morgan fingerprint density at radius 2 is 2.25 bits per heavy atom. The van der Waals surface area contributed by atoms with Crippen LogP contribution in [-0.2, 0) is 4.79 Å². The Morgan fingerprint density at radius 3 is 3.10 bits per heavy atom. The van der Waals surface area contributed by atoms with Crippen LogP contribution >= 0.6 is 0 Å². The van der Waals surface area contributed by atoms with Crippen molar-refractivity contribution in [3.8, 4) is 0 Å². The lowest BCUT2D eigenvalue weighted by Gasteiger charge is -2.29. The van der Waals surface area contributed by atoms with E-state index >= 15 is 0 Å². The predicted octanol–water partition coefficient (Wildman–Crippen LogP) is 1.04. The van der Waals surface area contributed by atoms with E-state index in [-0.39, 0.29) is 12.0 Å². The topological polar surface area (TPSA) is 92.4 Å². The third-order valence-electron chi connectivity index (χ3n) is 4.72. The molecule has 4 rings (SSSR count). The molecule has 7 heteroatoms. The minimum Gasteiger partial charge on any atom is -0.481 e. The van der Waals surface area contributed by atoms with Crippen LogP contribution in [0.2, 0.25) is 0 Å². The van der Waals surface area contributed by atoms with Gasteiger partial charge in [-0.3, -0.25) is 9.20 Å². The molecule has 20 heavy (non-hydrogen) atoms. The van der Waals surface area contributed by atoms with Gasteiger partial charge in [0.1, 0.15) is 6.33 Å². The second-order valence-corrected chi connectivity index (χ2v) is 5.71. The lowest BCUT2D eigenvalue weighted by molar-refractivity contribution is -0.143. The van der Waals surface area contributed by atoms with E-state index in [1.54, 1.807) is 23.1 Å². The van der Waals surface area contributed by atoms with Gasteiger partial charge < -0.3 is 10.4 Å². The SMILES string of the molecule is O=C(O)C1C2CCC(C2)C1Nc1nccn2cnnc12. The average molecular weight is 273 g/mol. The third-order valence-corrected chi connectivity index (χ3v) is 4.72. The molecule has 0 spiro atoms. The number of carboxylic acid groups (broad SMARTS) is 1. The summed E-state index contributed by atoms with van der Waals surface area (Å²) in [4.78, 5) is 15.8. The molecule has 2 aromatic rings. The van der Waals surface area contributed by atoms with Crippen LogP contribution < -0.4 is 5.32 Å². The Labute approximate surface area is 115 Å². The van der Waals surface area contributed by atoms with E-state index in [4.69, 9.17) is 0 Å². The number of anilines is 1. The molecule has 0 saturated heterocycles. The van der Waals surface area contributed by atoms with Crippen molar-refractivity contribution < 1.29 is 9.90 Å². The van der Waals surface area contributed by atoms with E-state index in [0.717, 1.165) is 19.3 Å². The van der Waals surface area contributed by atoms with Gasteiger partial charge in [-0.2, -0.15) is 0 Å². The van der Waals surface area contributed by atoms with Crippen molar-refractivity contribution >= 4 is 17.4 Å². The molecule has 0 aromatic carbocycles. The van der Waals surface area contributed by atoms with Crippen LogP contribution in [0, 0.1) is 17.8 Å². The Hall–Kier alpha value is -2.18. The molecule has 104 valence electrons. The molecule has 2 N–H and O–H groups in total. The number of fused-ring (bicyclic) bond motifs is 3. The summed E-state index contributed by atoms with van der Waals surface area (Å²) in [6.45, 7) is 0. The molecule has 0 amide bonds. The zero-order chi connectivity index (χ0) is 13.7. The number of hydrogen-bond acceptors (Lipinski definition) is 5. The molecule has 2 saturated carbocycles. The van der Waals surface area contributed by atoms with Gasteiger partial charge in [-0.25, -0.2) is 4.98 Å². The van der Waals surface area contributed by atoms with Crippen molar-refractivity contribution in [1.82, 2.24) is 19.6 Å². The molecular formula is C13H15N5O2. The van der Waals surface area contributed by atoms with Gasteiger partial charge in [-0.1, -0.05) is 0 Å². The summed E-state index contributed by atoms with van der Waals surface area (Å²) in [5.74, 6) is 0.314. The normalized spacial score (nSPS) is 31.8. The molecule has 2 aliphatic rings. The molecule has 7 nitrogen and oxygen atoms in total. The van der Waals surface area contributed by atoms with E-state index < -0.39 is 5.97 Å². The summed E-state index contributed by atoms with van der Waals surface area (Å²) in [6.07, 6.45) is 8.18. The second kappa shape index (κ2) is 4.16. The summed E-state index contributed by atoms with van der Waals surface area (Å²) in [7, 11) is 0. The zero-order valence-corrected chi connectivity index (χ0v) is 10.8. The van der Waals surface area contributed by atoms with E-state index in [1.807, 2.05) is 0 Å². The van der Waals surface area contributed by atoms with E-state index in [9.17, 15) is 9.90 Å². The van der Waals surface area contributed by atoms with Crippen molar-refractivity contribution in [2.75, 3.05) is 5.32 Å². The van der Waals surface area contributed by atoms with Crippen LogP contribution in [0.4, 0.5) is 5.82 Å². The lowest BCUT2D eigenvalue weighted by Crippen LogP contribution is -2.39. The summed E-state index contributed by atoms with van der Waals surface area (Å²) in [5, 5.41) is 20.7. The predicted molar refractivity (Wildman–Crippen MR) is 70.1 cm³/mol. The summed E-state index contributed by atoms with van der Waals surface area (Å²) >= 11 is 0. The molecule has 2 aliphatic carbocycles. The number of hydrogen-bond donors (Lipinski definition) is 2. The minimum absolute atomic E-state index is 0.0540. The molecule has 2 bridgehead atoms. The Bertz CT molecular complexity index is 670. The maximum absolute atomic E-state index is 11.5. The highest BCUT2D eigenvalue weighted by molar-refractivity contribution is 5.74. The zero-order valence-electron chi connectivity index (χ0n) is 10.8. The first kappa shape index (κ1) is 11.6. The van der Waals surface area contributed by atoms with Crippen molar-refractivity contribution in [1.29, 1.82) is 0 Å². The highest BCUT2D eigenvalue weighted by Crippen LogP contribution is 2.49. The summed E-state index contributed by atoms with van der Waals surface area (Å²) in [5.41, 5.74) is 0.638. The smallest absolute Gasteiger partial charge is 0.308 e. The average Bonchev–Trinajstić information content (AvgIpc) is 3.13. The van der Waals surface area contributed by atoms with Gasteiger partial charge >= 0.3 is 5.97 Å². The maximum Gasteiger partial charge on any atom is 0.308 e. The number of aromatic nitrogens is 4. The van der Waals surface area contributed by atoms with Crippen LogP contribution in [0.1, 0.15) is 19.3 Å². The molecule has 0 radical (unpaired) electrons. The van der Waals surface area contributed by atoms with Gasteiger partial charge in [0.05, 0.1) is 5.92 Å². The van der Waals surface area contributed by atoms with Gasteiger partial charge in [-0.15, -0.1) is 10.2 Å². The van der Waals surface area contributed by atoms with Gasteiger partial charge in [0.25, 0.3) is 0 Å². The quantitative estimate of drug-likeness (QED) is 0.868. The Balaban J connectivity index is 1.68. The largest absolute Gasteiger partial charge is 0.481 e. The van der Waals surface area contributed by atoms with E-state index in [2.05, 4.69) is 20.5 Å². The fourth-order valence-corrected chi connectivity index (χ4v) is 3.87. The number of aliphatic carboxylic acids is 1. The van der Waals surface area contributed by atoms with Crippen LogP contribution in [0.3, 0.4) is 0 Å². The van der Waals surface area contributed by atoms with Crippen molar-refractivity contribution in [3.05, 3.63) is 18.7 Å². The fraction of sp³-hybridized carbons (Fsp3) is 0.538. The Kier molecular flexibility index (Phi) is 2.42.